The van der Waals surface area contributed by atoms with Crippen LogP contribution in [0, 0.1) is 6.92 Å². The van der Waals surface area contributed by atoms with E-state index in [0.29, 0.717) is 16.1 Å². The van der Waals surface area contributed by atoms with Gasteiger partial charge >= 0.3 is 0 Å². The van der Waals surface area contributed by atoms with Crippen LogP contribution in [0.25, 0.3) is 16.9 Å². The lowest BCUT2D eigenvalue weighted by molar-refractivity contribution is 0.0955. The summed E-state index contributed by atoms with van der Waals surface area (Å²) in [5.41, 5.74) is 7.42. The molecule has 7 heteroatoms. The topological polar surface area (TPSA) is 66.6 Å². The van der Waals surface area contributed by atoms with Crippen molar-refractivity contribution in [3.05, 3.63) is 106 Å². The van der Waals surface area contributed by atoms with Crippen LogP contribution in [0.5, 0.6) is 5.75 Å². The lowest BCUT2D eigenvalue weighted by Gasteiger charge is -2.12. The number of nitrogens with zero attached hydrogens (tertiary/aromatic N) is 2. The Morgan fingerprint density at radius 1 is 1.00 bits per heavy atom. The summed E-state index contributed by atoms with van der Waals surface area (Å²) in [6.45, 7) is 2.04. The van der Waals surface area contributed by atoms with Gasteiger partial charge in [0, 0.05) is 27.5 Å². The van der Waals surface area contributed by atoms with Gasteiger partial charge in [-0.25, -0.2) is 5.43 Å². The summed E-state index contributed by atoms with van der Waals surface area (Å²) in [6, 6.07) is 24.5. The highest BCUT2D eigenvalue weighted by Crippen LogP contribution is 2.30. The number of nitrogens with one attached hydrogen (secondary N) is 1. The molecule has 0 aliphatic heterocycles. The SMILES string of the molecule is Cc1ccc(-c2ccccc2)n1-c1ccc(C(=O)N/N=C/c2cc(Cl)cc(Cl)c2O)cc1. The maximum absolute atomic E-state index is 12.5. The quantitative estimate of drug-likeness (QED) is 0.272. The normalized spacial score (nSPS) is 11.1. The second-order valence-corrected chi connectivity index (χ2v) is 7.98. The Morgan fingerprint density at radius 2 is 1.72 bits per heavy atom. The summed E-state index contributed by atoms with van der Waals surface area (Å²) >= 11 is 11.8. The lowest BCUT2D eigenvalue weighted by atomic mass is 10.1. The molecule has 0 unspecified atom stereocenters. The van der Waals surface area contributed by atoms with Crippen LogP contribution >= 0.6 is 23.2 Å². The number of hydrogen-bond acceptors (Lipinski definition) is 3. The molecule has 0 spiro atoms. The van der Waals surface area contributed by atoms with Crippen LogP contribution in [0.1, 0.15) is 21.6 Å². The summed E-state index contributed by atoms with van der Waals surface area (Å²) < 4.78 is 2.14. The number of rotatable bonds is 5. The van der Waals surface area contributed by atoms with Crippen molar-refractivity contribution in [3.63, 3.8) is 0 Å². The fourth-order valence-corrected chi connectivity index (χ4v) is 3.90. The number of phenols is 1. The third-order valence-electron chi connectivity index (χ3n) is 4.96. The van der Waals surface area contributed by atoms with Gasteiger partial charge in [0.1, 0.15) is 5.75 Å². The molecule has 5 nitrogen and oxygen atoms in total. The first-order valence-corrected chi connectivity index (χ1v) is 10.6. The summed E-state index contributed by atoms with van der Waals surface area (Å²) in [4.78, 5) is 12.5. The molecule has 0 aliphatic carbocycles. The number of benzene rings is 3. The van der Waals surface area contributed by atoms with Crippen LogP contribution in [0.4, 0.5) is 0 Å². The summed E-state index contributed by atoms with van der Waals surface area (Å²) in [5, 5.41) is 14.3. The molecule has 32 heavy (non-hydrogen) atoms. The van der Waals surface area contributed by atoms with Crippen LogP contribution in [-0.2, 0) is 0 Å². The molecule has 2 N–H and O–H groups in total. The largest absolute Gasteiger partial charge is 0.506 e. The average molecular weight is 464 g/mol. The van der Waals surface area contributed by atoms with E-state index in [1.807, 2.05) is 37.3 Å². The number of aryl methyl sites for hydroxylation is 1. The minimum Gasteiger partial charge on any atom is -0.506 e. The Morgan fingerprint density at radius 3 is 2.44 bits per heavy atom. The molecular weight excluding hydrogens is 445 g/mol. The first-order valence-electron chi connectivity index (χ1n) is 9.79. The Bertz CT molecular complexity index is 1300. The van der Waals surface area contributed by atoms with E-state index in [-0.39, 0.29) is 16.7 Å². The second-order valence-electron chi connectivity index (χ2n) is 7.13. The van der Waals surface area contributed by atoms with Gasteiger partial charge in [-0.3, -0.25) is 4.79 Å². The molecule has 0 atom stereocenters. The minimum atomic E-state index is -0.382. The van der Waals surface area contributed by atoms with Crippen molar-refractivity contribution >= 4 is 35.3 Å². The molecule has 4 rings (SSSR count). The first kappa shape index (κ1) is 21.7. The zero-order chi connectivity index (χ0) is 22.7. The van der Waals surface area contributed by atoms with E-state index in [9.17, 15) is 9.90 Å². The number of halogens is 2. The fourth-order valence-electron chi connectivity index (χ4n) is 3.39. The molecular formula is C25H19Cl2N3O2. The van der Waals surface area contributed by atoms with E-state index in [4.69, 9.17) is 23.2 Å². The Balaban J connectivity index is 1.52. The van der Waals surface area contributed by atoms with E-state index >= 15 is 0 Å². The van der Waals surface area contributed by atoms with E-state index in [1.165, 1.54) is 18.3 Å². The van der Waals surface area contributed by atoms with E-state index in [2.05, 4.69) is 39.4 Å². The highest BCUT2D eigenvalue weighted by molar-refractivity contribution is 6.36. The maximum atomic E-state index is 12.5. The average Bonchev–Trinajstić information content (AvgIpc) is 3.19. The van der Waals surface area contributed by atoms with Gasteiger partial charge in [0.2, 0.25) is 0 Å². The Kier molecular flexibility index (Phi) is 6.30. The fraction of sp³-hybridized carbons (Fsp3) is 0.0400. The highest BCUT2D eigenvalue weighted by atomic mass is 35.5. The third-order valence-corrected chi connectivity index (χ3v) is 5.47. The number of amides is 1. The van der Waals surface area contributed by atoms with Crippen molar-refractivity contribution in [3.8, 4) is 22.7 Å². The molecule has 0 saturated heterocycles. The van der Waals surface area contributed by atoms with E-state index in [1.54, 1.807) is 12.1 Å². The zero-order valence-electron chi connectivity index (χ0n) is 17.1. The van der Waals surface area contributed by atoms with E-state index < -0.39 is 0 Å². The van der Waals surface area contributed by atoms with Gasteiger partial charge in [0.15, 0.2) is 0 Å². The van der Waals surface area contributed by atoms with Crippen molar-refractivity contribution in [2.75, 3.05) is 0 Å². The molecule has 1 aromatic heterocycles. The van der Waals surface area contributed by atoms with Gasteiger partial charge in [0.25, 0.3) is 5.91 Å². The molecule has 0 fully saturated rings. The lowest BCUT2D eigenvalue weighted by Crippen LogP contribution is -2.17. The van der Waals surface area contributed by atoms with Crippen LogP contribution in [0.3, 0.4) is 0 Å². The molecule has 3 aromatic carbocycles. The smallest absolute Gasteiger partial charge is 0.271 e. The number of carbonyl (C=O) groups is 1. The highest BCUT2D eigenvalue weighted by Gasteiger charge is 2.11. The van der Waals surface area contributed by atoms with Crippen LogP contribution < -0.4 is 5.43 Å². The Hall–Kier alpha value is -3.54. The monoisotopic (exact) mass is 463 g/mol. The van der Waals surface area contributed by atoms with Crippen molar-refractivity contribution < 1.29 is 9.90 Å². The van der Waals surface area contributed by atoms with Gasteiger partial charge in [-0.05, 0) is 61.0 Å². The number of hydrazone groups is 1. The van der Waals surface area contributed by atoms with Crippen LogP contribution in [0.15, 0.2) is 84.0 Å². The predicted molar refractivity (Wildman–Crippen MR) is 129 cm³/mol. The second kappa shape index (κ2) is 9.30. The van der Waals surface area contributed by atoms with Gasteiger partial charge in [-0.15, -0.1) is 0 Å². The summed E-state index contributed by atoms with van der Waals surface area (Å²) in [6.07, 6.45) is 1.29. The molecule has 1 heterocycles. The minimum absolute atomic E-state index is 0.107. The van der Waals surface area contributed by atoms with Crippen molar-refractivity contribution in [1.29, 1.82) is 0 Å². The molecule has 0 saturated carbocycles. The van der Waals surface area contributed by atoms with Crippen LogP contribution in [-0.4, -0.2) is 21.8 Å². The third kappa shape index (κ3) is 4.54. The number of hydrogen-bond donors (Lipinski definition) is 2. The summed E-state index contributed by atoms with van der Waals surface area (Å²) in [5.74, 6) is -0.539. The predicted octanol–water partition coefficient (Wildman–Crippen LogP) is 6.23. The number of aromatic nitrogens is 1. The molecule has 4 aromatic rings. The maximum Gasteiger partial charge on any atom is 0.271 e. The molecule has 160 valence electrons. The molecule has 0 radical (unpaired) electrons. The summed E-state index contributed by atoms with van der Waals surface area (Å²) in [7, 11) is 0. The molecule has 1 amide bonds. The van der Waals surface area contributed by atoms with Gasteiger partial charge in [-0.2, -0.15) is 5.10 Å². The molecule has 0 aliphatic rings. The van der Waals surface area contributed by atoms with Gasteiger partial charge in [0.05, 0.1) is 16.9 Å². The first-order chi connectivity index (χ1) is 15.4. The standard InChI is InChI=1S/C25H19Cl2N3O2/c1-16-7-12-23(17-5-3-2-4-6-17)30(16)21-10-8-18(9-11-21)25(32)29-28-15-19-13-20(26)14-22(27)24(19)31/h2-15,31H,1H3,(H,29,32)/b28-15+. The van der Waals surface area contributed by atoms with Crippen molar-refractivity contribution in [2.45, 2.75) is 6.92 Å². The zero-order valence-corrected chi connectivity index (χ0v) is 18.6. The van der Waals surface area contributed by atoms with Crippen molar-refractivity contribution in [2.24, 2.45) is 5.10 Å². The number of phenolic OH excluding ortho intramolecular Hbond substituents is 1. The van der Waals surface area contributed by atoms with Gasteiger partial charge in [-0.1, -0.05) is 53.5 Å². The van der Waals surface area contributed by atoms with E-state index in [0.717, 1.165) is 22.6 Å². The van der Waals surface area contributed by atoms with Gasteiger partial charge < -0.3 is 9.67 Å². The van der Waals surface area contributed by atoms with Crippen molar-refractivity contribution in [1.82, 2.24) is 9.99 Å². The molecule has 0 bridgehead atoms. The number of carbonyl (C=O) groups excluding carboxylic acids is 1. The Labute approximate surface area is 195 Å². The van der Waals surface area contributed by atoms with Crippen LogP contribution in [0.2, 0.25) is 10.0 Å². The number of aromatic hydroxyl groups is 1.